The summed E-state index contributed by atoms with van der Waals surface area (Å²) < 4.78 is 6.75. The van der Waals surface area contributed by atoms with Gasteiger partial charge in [0.05, 0.1) is 12.8 Å². The van der Waals surface area contributed by atoms with Gasteiger partial charge in [-0.15, -0.1) is 0 Å². The van der Waals surface area contributed by atoms with Crippen molar-refractivity contribution in [3.8, 4) is 0 Å². The van der Waals surface area contributed by atoms with Crippen LogP contribution in [0.25, 0.3) is 0 Å². The first kappa shape index (κ1) is 11.1. The normalized spacial score (nSPS) is 17.1. The Bertz CT molecular complexity index is 371. The fourth-order valence-electron chi connectivity index (χ4n) is 1.60. The van der Waals surface area contributed by atoms with Crippen molar-refractivity contribution in [1.29, 1.82) is 0 Å². The van der Waals surface area contributed by atoms with Crippen LogP contribution in [0.3, 0.4) is 0 Å². The number of nitrogens with one attached hydrogen (secondary N) is 1. The Labute approximate surface area is 94.8 Å². The molecular weight excluding hydrogens is 206 g/mol. The summed E-state index contributed by atoms with van der Waals surface area (Å²) in [4.78, 5) is 11.8. The molecule has 1 N–H and O–H groups in total. The first-order chi connectivity index (χ1) is 7.70. The zero-order chi connectivity index (χ0) is 11.5. The summed E-state index contributed by atoms with van der Waals surface area (Å²) >= 11 is 0. The van der Waals surface area contributed by atoms with Crippen molar-refractivity contribution in [1.82, 2.24) is 15.1 Å². The van der Waals surface area contributed by atoms with Gasteiger partial charge in [0.2, 0.25) is 0 Å². The predicted molar refractivity (Wildman–Crippen MR) is 58.7 cm³/mol. The summed E-state index contributed by atoms with van der Waals surface area (Å²) in [6.45, 7) is 2.22. The van der Waals surface area contributed by atoms with Crippen LogP contribution in [-0.4, -0.2) is 28.4 Å². The van der Waals surface area contributed by atoms with Crippen molar-refractivity contribution in [3.05, 3.63) is 18.0 Å². The van der Waals surface area contributed by atoms with Crippen molar-refractivity contribution in [2.75, 3.05) is 6.61 Å². The van der Waals surface area contributed by atoms with Crippen molar-refractivity contribution in [2.45, 2.75) is 31.8 Å². The van der Waals surface area contributed by atoms with Gasteiger partial charge in [0, 0.05) is 24.8 Å². The second-order valence-electron chi connectivity index (χ2n) is 4.07. The monoisotopic (exact) mass is 223 g/mol. The van der Waals surface area contributed by atoms with Crippen LogP contribution in [0, 0.1) is 0 Å². The molecule has 5 heteroatoms. The van der Waals surface area contributed by atoms with Gasteiger partial charge in [-0.2, -0.15) is 5.10 Å². The van der Waals surface area contributed by atoms with E-state index < -0.39 is 0 Å². The molecule has 1 aliphatic rings. The van der Waals surface area contributed by atoms with E-state index in [1.165, 1.54) is 0 Å². The Morgan fingerprint density at radius 1 is 1.75 bits per heavy atom. The minimum Gasteiger partial charge on any atom is -0.465 e. The lowest BCUT2D eigenvalue weighted by Crippen LogP contribution is -2.31. The Kier molecular flexibility index (Phi) is 3.24. The number of ether oxygens (including phenoxy) is 1. The molecule has 16 heavy (non-hydrogen) atoms. The van der Waals surface area contributed by atoms with E-state index in [2.05, 4.69) is 10.4 Å². The van der Waals surface area contributed by atoms with Gasteiger partial charge in [-0.3, -0.25) is 10.00 Å². The van der Waals surface area contributed by atoms with E-state index >= 15 is 0 Å². The third-order valence-corrected chi connectivity index (χ3v) is 2.56. The maximum absolute atomic E-state index is 11.8. The molecule has 88 valence electrons. The molecule has 1 heterocycles. The van der Waals surface area contributed by atoms with Crippen LogP contribution >= 0.6 is 0 Å². The molecule has 1 aromatic heterocycles. The summed E-state index contributed by atoms with van der Waals surface area (Å²) in [6.07, 6.45) is 5.82. The molecule has 1 aliphatic carbocycles. The van der Waals surface area contributed by atoms with Gasteiger partial charge in [-0.1, -0.05) is 0 Å². The number of rotatable bonds is 5. The molecule has 0 bridgehead atoms. The van der Waals surface area contributed by atoms with Gasteiger partial charge in [0.1, 0.15) is 6.04 Å². The first-order valence-corrected chi connectivity index (χ1v) is 5.62. The van der Waals surface area contributed by atoms with Gasteiger partial charge >= 0.3 is 5.97 Å². The SMILES string of the molecule is CCOC(=O)C(NC1CC1)c1cnn(C)c1. The lowest BCUT2D eigenvalue weighted by atomic mass is 10.1. The molecule has 0 radical (unpaired) electrons. The van der Waals surface area contributed by atoms with Crippen LogP contribution in [0.2, 0.25) is 0 Å². The van der Waals surface area contributed by atoms with Crippen LogP contribution in [0.4, 0.5) is 0 Å². The number of hydrogen-bond acceptors (Lipinski definition) is 4. The second kappa shape index (κ2) is 4.65. The van der Waals surface area contributed by atoms with E-state index in [0.29, 0.717) is 12.6 Å². The summed E-state index contributed by atoms with van der Waals surface area (Å²) in [5.74, 6) is -0.220. The van der Waals surface area contributed by atoms with E-state index in [1.54, 1.807) is 10.9 Å². The fraction of sp³-hybridized carbons (Fsp3) is 0.636. The first-order valence-electron chi connectivity index (χ1n) is 5.62. The van der Waals surface area contributed by atoms with Crippen LogP contribution in [-0.2, 0) is 16.6 Å². The quantitative estimate of drug-likeness (QED) is 0.749. The highest BCUT2D eigenvalue weighted by atomic mass is 16.5. The molecule has 0 spiro atoms. The molecule has 0 aliphatic heterocycles. The van der Waals surface area contributed by atoms with E-state index in [0.717, 1.165) is 18.4 Å². The van der Waals surface area contributed by atoms with Crippen LogP contribution < -0.4 is 5.32 Å². The minimum absolute atomic E-state index is 0.220. The maximum Gasteiger partial charge on any atom is 0.327 e. The smallest absolute Gasteiger partial charge is 0.327 e. The van der Waals surface area contributed by atoms with Gasteiger partial charge < -0.3 is 4.74 Å². The van der Waals surface area contributed by atoms with Gasteiger partial charge in [-0.25, -0.2) is 4.79 Å². The van der Waals surface area contributed by atoms with Crippen molar-refractivity contribution in [3.63, 3.8) is 0 Å². The molecule has 2 rings (SSSR count). The number of aryl methyl sites for hydroxylation is 1. The summed E-state index contributed by atoms with van der Waals surface area (Å²) in [5.41, 5.74) is 0.868. The molecular formula is C11H17N3O2. The van der Waals surface area contributed by atoms with E-state index in [4.69, 9.17) is 4.74 Å². The molecule has 1 unspecified atom stereocenters. The zero-order valence-corrected chi connectivity index (χ0v) is 9.64. The summed E-state index contributed by atoms with van der Waals surface area (Å²) in [7, 11) is 1.84. The molecule has 1 saturated carbocycles. The van der Waals surface area contributed by atoms with Crippen LogP contribution in [0.15, 0.2) is 12.4 Å². The largest absolute Gasteiger partial charge is 0.465 e. The third-order valence-electron chi connectivity index (χ3n) is 2.56. The molecule has 0 amide bonds. The van der Waals surface area contributed by atoms with Gasteiger partial charge in [0.15, 0.2) is 0 Å². The molecule has 0 aromatic carbocycles. The van der Waals surface area contributed by atoms with E-state index in [-0.39, 0.29) is 12.0 Å². The molecule has 0 saturated heterocycles. The molecule has 1 fully saturated rings. The third kappa shape index (κ3) is 2.61. The Hall–Kier alpha value is -1.36. The Morgan fingerprint density at radius 3 is 3.00 bits per heavy atom. The number of nitrogens with zero attached hydrogens (tertiary/aromatic N) is 2. The molecule has 1 atom stereocenters. The number of esters is 1. The van der Waals surface area contributed by atoms with Crippen LogP contribution in [0.5, 0.6) is 0 Å². The summed E-state index contributed by atoms with van der Waals surface area (Å²) in [5, 5.41) is 7.35. The topological polar surface area (TPSA) is 56.1 Å². The average molecular weight is 223 g/mol. The van der Waals surface area contributed by atoms with Gasteiger partial charge in [0.25, 0.3) is 0 Å². The summed E-state index contributed by atoms with van der Waals surface area (Å²) in [6, 6.07) is 0.0794. The Morgan fingerprint density at radius 2 is 2.50 bits per heavy atom. The zero-order valence-electron chi connectivity index (χ0n) is 9.64. The van der Waals surface area contributed by atoms with Crippen molar-refractivity contribution in [2.24, 2.45) is 7.05 Å². The number of aromatic nitrogens is 2. The highest BCUT2D eigenvalue weighted by molar-refractivity contribution is 5.77. The molecule has 1 aromatic rings. The lowest BCUT2D eigenvalue weighted by Gasteiger charge is -2.15. The average Bonchev–Trinajstić information content (AvgIpc) is 2.97. The second-order valence-corrected chi connectivity index (χ2v) is 4.07. The van der Waals surface area contributed by atoms with Crippen LogP contribution in [0.1, 0.15) is 31.4 Å². The van der Waals surface area contributed by atoms with E-state index in [1.807, 2.05) is 20.2 Å². The molecule has 5 nitrogen and oxygen atoms in total. The highest BCUT2D eigenvalue weighted by Crippen LogP contribution is 2.24. The lowest BCUT2D eigenvalue weighted by molar-refractivity contribution is -0.145. The van der Waals surface area contributed by atoms with E-state index in [9.17, 15) is 4.79 Å². The Balaban J connectivity index is 2.09. The standard InChI is InChI=1S/C11H17N3O2/c1-3-16-11(15)10(13-9-4-5-9)8-6-12-14(2)7-8/h6-7,9-10,13H,3-5H2,1-2H3. The van der Waals surface area contributed by atoms with Crippen molar-refractivity contribution >= 4 is 5.97 Å². The van der Waals surface area contributed by atoms with Crippen molar-refractivity contribution < 1.29 is 9.53 Å². The number of carbonyl (C=O) groups is 1. The number of hydrogen-bond donors (Lipinski definition) is 1. The minimum atomic E-state index is -0.374. The fourth-order valence-corrected chi connectivity index (χ4v) is 1.60. The number of carbonyl (C=O) groups excluding carboxylic acids is 1. The van der Waals surface area contributed by atoms with Gasteiger partial charge in [-0.05, 0) is 19.8 Å². The highest BCUT2D eigenvalue weighted by Gasteiger charge is 2.30. The maximum atomic E-state index is 11.8. The predicted octanol–water partition coefficient (Wildman–Crippen LogP) is 0.776.